The minimum Gasteiger partial charge on any atom is -0.356 e. The van der Waals surface area contributed by atoms with Crippen LogP contribution in [-0.4, -0.2) is 0 Å². The van der Waals surface area contributed by atoms with Crippen LogP contribution >= 0.6 is 0 Å². The number of anilines is 2. The number of nitrogens with zero attached hydrogens (tertiary/aromatic N) is 1. The Hall–Kier alpha value is -2.16. The quantitative estimate of drug-likeness (QED) is 0.711. The van der Waals surface area contributed by atoms with Crippen LogP contribution in [0, 0.1) is 4.91 Å². The summed E-state index contributed by atoms with van der Waals surface area (Å²) in [5.74, 6) is 0.741. The molecule has 1 fully saturated rings. The minimum absolute atomic E-state index is 0.452. The molecule has 0 aliphatic heterocycles. The van der Waals surface area contributed by atoms with E-state index in [1.165, 1.54) is 37.7 Å². The zero-order chi connectivity index (χ0) is 14.5. The van der Waals surface area contributed by atoms with E-state index < -0.39 is 0 Å². The molecule has 0 amide bonds. The van der Waals surface area contributed by atoms with Gasteiger partial charge in [0.2, 0.25) is 0 Å². The third-order valence-corrected chi connectivity index (χ3v) is 4.25. The van der Waals surface area contributed by atoms with Gasteiger partial charge in [-0.2, -0.15) is 0 Å². The van der Waals surface area contributed by atoms with Gasteiger partial charge in [0.1, 0.15) is 5.69 Å². The molecule has 0 aromatic heterocycles. The summed E-state index contributed by atoms with van der Waals surface area (Å²) in [6, 6.07) is 15.9. The average Bonchev–Trinajstić information content (AvgIpc) is 2.57. The smallest absolute Gasteiger partial charge is 0.108 e. The Bertz CT molecular complexity index is 584. The molecule has 3 heteroatoms. The monoisotopic (exact) mass is 280 g/mol. The standard InChI is InChI=1S/C18H20N2O/c21-20-18-12-10-17(11-13-18)19-16-8-6-15(7-9-16)14-4-2-1-3-5-14/h6-14,19H,1-5H2. The van der Waals surface area contributed by atoms with E-state index in [1.807, 2.05) is 12.1 Å². The van der Waals surface area contributed by atoms with Gasteiger partial charge < -0.3 is 5.32 Å². The van der Waals surface area contributed by atoms with Gasteiger partial charge >= 0.3 is 0 Å². The molecule has 21 heavy (non-hydrogen) atoms. The van der Waals surface area contributed by atoms with E-state index in [0.29, 0.717) is 5.69 Å². The van der Waals surface area contributed by atoms with Crippen molar-refractivity contribution in [2.24, 2.45) is 5.18 Å². The van der Waals surface area contributed by atoms with E-state index in [0.717, 1.165) is 17.3 Å². The van der Waals surface area contributed by atoms with E-state index in [9.17, 15) is 4.91 Å². The molecule has 1 N–H and O–H groups in total. The van der Waals surface area contributed by atoms with E-state index in [1.54, 1.807) is 12.1 Å². The van der Waals surface area contributed by atoms with Crippen molar-refractivity contribution in [3.05, 3.63) is 59.0 Å². The molecule has 3 nitrogen and oxygen atoms in total. The fourth-order valence-electron chi connectivity index (χ4n) is 3.05. The Morgan fingerprint density at radius 3 is 1.95 bits per heavy atom. The van der Waals surface area contributed by atoms with Crippen LogP contribution in [-0.2, 0) is 0 Å². The van der Waals surface area contributed by atoms with Crippen molar-refractivity contribution in [3.8, 4) is 0 Å². The number of hydrogen-bond donors (Lipinski definition) is 1. The van der Waals surface area contributed by atoms with Gasteiger partial charge in [0.25, 0.3) is 0 Å². The van der Waals surface area contributed by atoms with Crippen molar-refractivity contribution >= 4 is 17.1 Å². The van der Waals surface area contributed by atoms with Gasteiger partial charge in [0, 0.05) is 11.4 Å². The van der Waals surface area contributed by atoms with Crippen LogP contribution in [0.4, 0.5) is 17.1 Å². The van der Waals surface area contributed by atoms with Crippen molar-refractivity contribution in [2.75, 3.05) is 5.32 Å². The lowest BCUT2D eigenvalue weighted by Crippen LogP contribution is -2.04. The van der Waals surface area contributed by atoms with Gasteiger partial charge in [-0.25, -0.2) is 0 Å². The Morgan fingerprint density at radius 2 is 1.38 bits per heavy atom. The van der Waals surface area contributed by atoms with Crippen LogP contribution in [0.5, 0.6) is 0 Å². The molecule has 0 spiro atoms. The highest BCUT2D eigenvalue weighted by molar-refractivity contribution is 5.61. The molecule has 0 bridgehead atoms. The molecular weight excluding hydrogens is 260 g/mol. The topological polar surface area (TPSA) is 41.5 Å². The van der Waals surface area contributed by atoms with Gasteiger partial charge in [-0.15, -0.1) is 4.91 Å². The summed E-state index contributed by atoms with van der Waals surface area (Å²) >= 11 is 0. The van der Waals surface area contributed by atoms with Crippen LogP contribution in [0.2, 0.25) is 0 Å². The molecular formula is C18H20N2O. The highest BCUT2D eigenvalue weighted by Gasteiger charge is 2.14. The van der Waals surface area contributed by atoms with Crippen molar-refractivity contribution in [2.45, 2.75) is 38.0 Å². The van der Waals surface area contributed by atoms with Gasteiger partial charge in [0.05, 0.1) is 0 Å². The van der Waals surface area contributed by atoms with Crippen molar-refractivity contribution < 1.29 is 0 Å². The zero-order valence-electron chi connectivity index (χ0n) is 12.1. The van der Waals surface area contributed by atoms with E-state index >= 15 is 0 Å². The molecule has 108 valence electrons. The highest BCUT2D eigenvalue weighted by atomic mass is 16.3. The largest absolute Gasteiger partial charge is 0.356 e. The molecule has 2 aromatic carbocycles. The van der Waals surface area contributed by atoms with Crippen LogP contribution < -0.4 is 5.32 Å². The number of hydrogen-bond acceptors (Lipinski definition) is 3. The second-order valence-electron chi connectivity index (χ2n) is 5.72. The van der Waals surface area contributed by atoms with Gasteiger partial charge in [-0.3, -0.25) is 0 Å². The maximum absolute atomic E-state index is 10.4. The maximum Gasteiger partial charge on any atom is 0.108 e. The predicted octanol–water partition coefficient (Wildman–Crippen LogP) is 5.88. The SMILES string of the molecule is O=Nc1ccc(Nc2ccc(C3CCCCC3)cc2)cc1. The summed E-state index contributed by atoms with van der Waals surface area (Å²) in [5.41, 5.74) is 3.95. The van der Waals surface area contributed by atoms with Crippen LogP contribution in [0.3, 0.4) is 0 Å². The van der Waals surface area contributed by atoms with Gasteiger partial charge in [-0.05, 0) is 65.9 Å². The maximum atomic E-state index is 10.4. The normalized spacial score (nSPS) is 15.6. The van der Waals surface area contributed by atoms with E-state index in [2.05, 4.69) is 34.8 Å². The second-order valence-corrected chi connectivity index (χ2v) is 5.72. The Labute approximate surface area is 125 Å². The number of nitrogens with one attached hydrogen (secondary N) is 1. The molecule has 1 saturated carbocycles. The number of benzene rings is 2. The third-order valence-electron chi connectivity index (χ3n) is 4.25. The van der Waals surface area contributed by atoms with Crippen LogP contribution in [0.15, 0.2) is 53.7 Å². The lowest BCUT2D eigenvalue weighted by Gasteiger charge is -2.22. The average molecular weight is 280 g/mol. The van der Waals surface area contributed by atoms with Gasteiger partial charge in [-0.1, -0.05) is 31.4 Å². The van der Waals surface area contributed by atoms with Crippen LogP contribution in [0.25, 0.3) is 0 Å². The fourth-order valence-corrected chi connectivity index (χ4v) is 3.05. The summed E-state index contributed by atoms with van der Waals surface area (Å²) < 4.78 is 0. The van der Waals surface area contributed by atoms with Crippen LogP contribution in [0.1, 0.15) is 43.6 Å². The minimum atomic E-state index is 0.452. The van der Waals surface area contributed by atoms with Crippen molar-refractivity contribution in [3.63, 3.8) is 0 Å². The third kappa shape index (κ3) is 3.48. The molecule has 0 unspecified atom stereocenters. The lowest BCUT2D eigenvalue weighted by molar-refractivity contribution is 0.443. The first-order valence-electron chi connectivity index (χ1n) is 7.65. The Kier molecular flexibility index (Phi) is 4.29. The first-order valence-corrected chi connectivity index (χ1v) is 7.65. The number of rotatable bonds is 4. The fraction of sp³-hybridized carbons (Fsp3) is 0.333. The Balaban J connectivity index is 1.67. The zero-order valence-corrected chi connectivity index (χ0v) is 12.1. The van der Waals surface area contributed by atoms with Gasteiger partial charge in [0.15, 0.2) is 0 Å². The molecule has 0 atom stereocenters. The lowest BCUT2D eigenvalue weighted by atomic mass is 9.84. The molecule has 0 heterocycles. The number of nitroso groups, excluding NO2 is 1. The molecule has 1 aliphatic rings. The molecule has 0 saturated heterocycles. The summed E-state index contributed by atoms with van der Waals surface area (Å²) in [6.45, 7) is 0. The second kappa shape index (κ2) is 6.53. The first kappa shape index (κ1) is 13.8. The Morgan fingerprint density at radius 1 is 0.810 bits per heavy atom. The van der Waals surface area contributed by atoms with E-state index in [-0.39, 0.29) is 0 Å². The molecule has 0 radical (unpaired) electrons. The van der Waals surface area contributed by atoms with E-state index in [4.69, 9.17) is 0 Å². The summed E-state index contributed by atoms with van der Waals surface area (Å²) in [6.07, 6.45) is 6.77. The van der Waals surface area contributed by atoms with Crippen molar-refractivity contribution in [1.82, 2.24) is 0 Å². The molecule has 3 rings (SSSR count). The highest BCUT2D eigenvalue weighted by Crippen LogP contribution is 2.33. The first-order chi connectivity index (χ1) is 10.3. The van der Waals surface area contributed by atoms with Crippen molar-refractivity contribution in [1.29, 1.82) is 0 Å². The molecule has 2 aromatic rings. The summed E-state index contributed by atoms with van der Waals surface area (Å²) in [4.78, 5) is 10.4. The summed E-state index contributed by atoms with van der Waals surface area (Å²) in [7, 11) is 0. The predicted molar refractivity (Wildman–Crippen MR) is 87.4 cm³/mol. The summed E-state index contributed by atoms with van der Waals surface area (Å²) in [5, 5.41) is 6.25. The molecule has 1 aliphatic carbocycles.